The molecule has 25 heavy (non-hydrogen) atoms. The monoisotopic (exact) mass is 322 g/mol. The molecule has 0 saturated carbocycles. The molecule has 0 aromatic heterocycles. The Morgan fingerprint density at radius 3 is 1.52 bits per heavy atom. The van der Waals surface area contributed by atoms with Gasteiger partial charge in [0.2, 0.25) is 0 Å². The van der Waals surface area contributed by atoms with E-state index in [2.05, 4.69) is 82.6 Å². The molecule has 0 radical (unpaired) electrons. The third-order valence-electron chi connectivity index (χ3n) is 5.66. The maximum Gasteiger partial charge on any atom is 0.0910 e. The lowest BCUT2D eigenvalue weighted by Gasteiger charge is -2.45. The van der Waals surface area contributed by atoms with Gasteiger partial charge in [-0.25, -0.2) is 0 Å². The molecule has 0 spiro atoms. The van der Waals surface area contributed by atoms with Crippen molar-refractivity contribution in [3.05, 3.63) is 83.9 Å². The summed E-state index contributed by atoms with van der Waals surface area (Å²) in [6.07, 6.45) is 0. The van der Waals surface area contributed by atoms with Crippen molar-refractivity contribution < 1.29 is 0 Å². The first kappa shape index (κ1) is 13.3. The molecule has 120 valence electrons. The standard InChI is InChI=1S/C23H18N2/c1-3-7-20-16(5-1)9-11-18-13-25-15-24(22(18)20)14-19-12-10-17-6-2-4-8-21(17)23(19)25/h1-12H,13-15H2. The van der Waals surface area contributed by atoms with Crippen molar-refractivity contribution in [2.24, 2.45) is 0 Å². The number of fused-ring (bicyclic) bond motifs is 10. The molecule has 4 aromatic carbocycles. The fourth-order valence-corrected chi connectivity index (χ4v) is 4.62. The van der Waals surface area contributed by atoms with Gasteiger partial charge in [-0.1, -0.05) is 72.8 Å². The van der Waals surface area contributed by atoms with Crippen molar-refractivity contribution in [1.29, 1.82) is 0 Å². The van der Waals surface area contributed by atoms with E-state index in [1.165, 1.54) is 44.0 Å². The van der Waals surface area contributed by atoms with Gasteiger partial charge in [0.15, 0.2) is 0 Å². The van der Waals surface area contributed by atoms with Gasteiger partial charge in [-0.05, 0) is 21.9 Å². The lowest BCUT2D eigenvalue weighted by atomic mass is 9.95. The summed E-state index contributed by atoms with van der Waals surface area (Å²) in [5, 5.41) is 5.42. The minimum Gasteiger partial charge on any atom is -0.349 e. The predicted molar refractivity (Wildman–Crippen MR) is 105 cm³/mol. The van der Waals surface area contributed by atoms with Crippen molar-refractivity contribution in [1.82, 2.24) is 0 Å². The Hall–Kier alpha value is -3.00. The molecular weight excluding hydrogens is 304 g/mol. The van der Waals surface area contributed by atoms with Crippen LogP contribution >= 0.6 is 0 Å². The average Bonchev–Trinajstić information content (AvgIpc) is 2.67. The van der Waals surface area contributed by atoms with E-state index < -0.39 is 0 Å². The zero-order chi connectivity index (χ0) is 16.4. The Kier molecular flexibility index (Phi) is 2.53. The first-order valence-corrected chi connectivity index (χ1v) is 8.90. The van der Waals surface area contributed by atoms with Crippen LogP contribution in [0.2, 0.25) is 0 Å². The van der Waals surface area contributed by atoms with E-state index in [0.717, 1.165) is 19.8 Å². The Morgan fingerprint density at radius 1 is 0.520 bits per heavy atom. The van der Waals surface area contributed by atoms with Gasteiger partial charge in [-0.15, -0.1) is 0 Å². The Balaban J connectivity index is 1.59. The quantitative estimate of drug-likeness (QED) is 0.434. The Bertz CT molecular complexity index is 1050. The Labute approximate surface area is 146 Å². The largest absolute Gasteiger partial charge is 0.349 e. The second kappa shape index (κ2) is 4.76. The molecule has 2 nitrogen and oxygen atoms in total. The lowest BCUT2D eigenvalue weighted by Crippen LogP contribution is -2.46. The van der Waals surface area contributed by atoms with Crippen LogP contribution in [-0.2, 0) is 13.1 Å². The maximum absolute atomic E-state index is 2.54. The van der Waals surface area contributed by atoms with Crippen LogP contribution in [0.1, 0.15) is 11.1 Å². The van der Waals surface area contributed by atoms with Gasteiger partial charge in [0.1, 0.15) is 0 Å². The third-order valence-corrected chi connectivity index (χ3v) is 5.66. The molecule has 0 unspecified atom stereocenters. The molecule has 0 N–H and O–H groups in total. The molecule has 2 heteroatoms. The zero-order valence-electron chi connectivity index (χ0n) is 13.9. The number of nitrogens with zero attached hydrogens (tertiary/aromatic N) is 2. The van der Waals surface area contributed by atoms with Crippen molar-refractivity contribution in [3.8, 4) is 0 Å². The van der Waals surface area contributed by atoms with Crippen LogP contribution in [-0.4, -0.2) is 6.67 Å². The van der Waals surface area contributed by atoms with Crippen LogP contribution in [0.15, 0.2) is 72.8 Å². The number of hydrogen-bond donors (Lipinski definition) is 0. The molecule has 0 atom stereocenters. The number of rotatable bonds is 0. The summed E-state index contributed by atoms with van der Waals surface area (Å²) in [5.74, 6) is 0. The van der Waals surface area contributed by atoms with E-state index in [-0.39, 0.29) is 0 Å². The van der Waals surface area contributed by atoms with Gasteiger partial charge in [0.25, 0.3) is 0 Å². The summed E-state index contributed by atoms with van der Waals surface area (Å²) >= 11 is 0. The van der Waals surface area contributed by atoms with Crippen LogP contribution in [0.5, 0.6) is 0 Å². The van der Waals surface area contributed by atoms with E-state index in [9.17, 15) is 0 Å². The van der Waals surface area contributed by atoms with Crippen LogP contribution in [0.4, 0.5) is 11.4 Å². The van der Waals surface area contributed by atoms with Crippen molar-refractivity contribution in [3.63, 3.8) is 0 Å². The first-order valence-electron chi connectivity index (χ1n) is 8.90. The highest BCUT2D eigenvalue weighted by atomic mass is 15.4. The van der Waals surface area contributed by atoms with Gasteiger partial charge in [-0.3, -0.25) is 0 Å². The molecule has 2 aliphatic rings. The number of benzene rings is 4. The van der Waals surface area contributed by atoms with Gasteiger partial charge in [0, 0.05) is 23.9 Å². The van der Waals surface area contributed by atoms with E-state index in [1.54, 1.807) is 0 Å². The SMILES string of the molecule is c1ccc2c3c(ccc2c1)CN1CN3Cc2ccc3ccccc3c21. The molecule has 0 saturated heterocycles. The fraction of sp³-hybridized carbons (Fsp3) is 0.130. The molecule has 6 rings (SSSR count). The summed E-state index contributed by atoms with van der Waals surface area (Å²) in [4.78, 5) is 5.08. The van der Waals surface area contributed by atoms with Crippen LogP contribution < -0.4 is 9.80 Å². The highest BCUT2D eigenvalue weighted by molar-refractivity contribution is 6.00. The summed E-state index contributed by atoms with van der Waals surface area (Å²) in [7, 11) is 0. The van der Waals surface area contributed by atoms with Crippen molar-refractivity contribution in [2.45, 2.75) is 13.1 Å². The fourth-order valence-electron chi connectivity index (χ4n) is 4.62. The van der Waals surface area contributed by atoms with Gasteiger partial charge >= 0.3 is 0 Å². The molecule has 0 aliphatic carbocycles. The minimum atomic E-state index is 0.974. The minimum absolute atomic E-state index is 0.974. The molecule has 2 bridgehead atoms. The number of anilines is 2. The average molecular weight is 322 g/mol. The summed E-state index contributed by atoms with van der Waals surface area (Å²) in [5.41, 5.74) is 5.72. The maximum atomic E-state index is 2.54. The van der Waals surface area contributed by atoms with Crippen LogP contribution in [0.25, 0.3) is 21.5 Å². The van der Waals surface area contributed by atoms with E-state index in [1.807, 2.05) is 0 Å². The summed E-state index contributed by atoms with van der Waals surface area (Å²) < 4.78 is 0. The van der Waals surface area contributed by atoms with Gasteiger partial charge in [-0.2, -0.15) is 0 Å². The molecule has 2 heterocycles. The predicted octanol–water partition coefficient (Wildman–Crippen LogP) is 5.29. The molecule has 0 amide bonds. The molecule has 0 fully saturated rings. The smallest absolute Gasteiger partial charge is 0.0910 e. The second-order valence-corrected chi connectivity index (χ2v) is 7.13. The van der Waals surface area contributed by atoms with Crippen LogP contribution in [0, 0.1) is 0 Å². The van der Waals surface area contributed by atoms with E-state index in [0.29, 0.717) is 0 Å². The highest BCUT2D eigenvalue weighted by Crippen LogP contribution is 2.43. The molecular formula is C23H18N2. The van der Waals surface area contributed by atoms with E-state index in [4.69, 9.17) is 0 Å². The highest BCUT2D eigenvalue weighted by Gasteiger charge is 2.31. The number of hydrogen-bond acceptors (Lipinski definition) is 2. The van der Waals surface area contributed by atoms with E-state index >= 15 is 0 Å². The molecule has 4 aromatic rings. The zero-order valence-corrected chi connectivity index (χ0v) is 13.9. The normalized spacial score (nSPS) is 15.4. The first-order chi connectivity index (χ1) is 12.4. The summed E-state index contributed by atoms with van der Waals surface area (Å²) in [6, 6.07) is 26.7. The topological polar surface area (TPSA) is 6.48 Å². The second-order valence-electron chi connectivity index (χ2n) is 7.13. The lowest BCUT2D eigenvalue weighted by molar-refractivity contribution is 0.656. The summed E-state index contributed by atoms with van der Waals surface area (Å²) in [6.45, 7) is 2.94. The van der Waals surface area contributed by atoms with Crippen molar-refractivity contribution in [2.75, 3.05) is 16.5 Å². The van der Waals surface area contributed by atoms with Crippen molar-refractivity contribution >= 4 is 32.9 Å². The Morgan fingerprint density at radius 2 is 1.00 bits per heavy atom. The van der Waals surface area contributed by atoms with Crippen LogP contribution in [0.3, 0.4) is 0 Å². The molecule has 2 aliphatic heterocycles. The third kappa shape index (κ3) is 1.79. The van der Waals surface area contributed by atoms with Gasteiger partial charge < -0.3 is 9.80 Å². The van der Waals surface area contributed by atoms with Gasteiger partial charge in [0.05, 0.1) is 18.0 Å².